The van der Waals surface area contributed by atoms with Crippen molar-refractivity contribution in [2.24, 2.45) is 0 Å². The molecule has 1 aliphatic rings. The molecule has 0 saturated heterocycles. The smallest absolute Gasteiger partial charge is 0.338 e. The first-order chi connectivity index (χ1) is 13.0. The number of rotatable bonds is 7. The van der Waals surface area contributed by atoms with Crippen molar-refractivity contribution in [1.82, 2.24) is 0 Å². The van der Waals surface area contributed by atoms with Gasteiger partial charge in [-0.2, -0.15) is 0 Å². The predicted molar refractivity (Wildman–Crippen MR) is 104 cm³/mol. The minimum absolute atomic E-state index is 0.130. The monoisotopic (exact) mass is 366 g/mol. The lowest BCUT2D eigenvalue weighted by molar-refractivity contribution is -0.422. The first-order valence-corrected chi connectivity index (χ1v) is 8.97. The van der Waals surface area contributed by atoms with Gasteiger partial charge in [0.15, 0.2) is 0 Å². The Balaban J connectivity index is 1.52. The molecule has 6 nitrogen and oxygen atoms in total. The van der Waals surface area contributed by atoms with Crippen molar-refractivity contribution in [2.75, 3.05) is 24.6 Å². The molecule has 0 amide bonds. The van der Waals surface area contributed by atoms with E-state index in [1.54, 1.807) is 18.2 Å². The SMILES string of the molecule is C/C(=C/c1ccc2c(c1)CCN2CCCOC(=O)c1ccccc1)[N+](=O)[O-]. The van der Waals surface area contributed by atoms with Crippen molar-refractivity contribution in [3.63, 3.8) is 0 Å². The summed E-state index contributed by atoms with van der Waals surface area (Å²) < 4.78 is 5.32. The highest BCUT2D eigenvalue weighted by atomic mass is 16.6. The van der Waals surface area contributed by atoms with Crippen LogP contribution in [0, 0.1) is 10.1 Å². The summed E-state index contributed by atoms with van der Waals surface area (Å²) in [5, 5.41) is 10.8. The minimum atomic E-state index is -0.379. The van der Waals surface area contributed by atoms with Crippen LogP contribution in [0.2, 0.25) is 0 Å². The van der Waals surface area contributed by atoms with Crippen molar-refractivity contribution in [2.45, 2.75) is 19.8 Å². The molecule has 6 heteroatoms. The van der Waals surface area contributed by atoms with Gasteiger partial charge in [-0.3, -0.25) is 10.1 Å². The van der Waals surface area contributed by atoms with Crippen LogP contribution in [0.4, 0.5) is 5.69 Å². The number of benzene rings is 2. The molecule has 0 aliphatic carbocycles. The van der Waals surface area contributed by atoms with Crippen molar-refractivity contribution in [3.8, 4) is 0 Å². The average Bonchev–Trinajstić information content (AvgIpc) is 3.08. The summed E-state index contributed by atoms with van der Waals surface area (Å²) >= 11 is 0. The molecule has 3 rings (SSSR count). The number of fused-ring (bicyclic) bond motifs is 1. The van der Waals surface area contributed by atoms with Gasteiger partial charge in [-0.05, 0) is 48.2 Å². The second-order valence-corrected chi connectivity index (χ2v) is 6.52. The van der Waals surface area contributed by atoms with Crippen LogP contribution in [-0.2, 0) is 11.2 Å². The maximum Gasteiger partial charge on any atom is 0.338 e. The molecule has 1 aliphatic heterocycles. The van der Waals surface area contributed by atoms with Gasteiger partial charge in [0, 0.05) is 31.8 Å². The highest BCUT2D eigenvalue weighted by molar-refractivity contribution is 5.89. The van der Waals surface area contributed by atoms with Crippen LogP contribution in [0.5, 0.6) is 0 Å². The number of esters is 1. The zero-order valence-electron chi connectivity index (χ0n) is 15.3. The Bertz CT molecular complexity index is 862. The number of nitrogens with zero attached hydrogens (tertiary/aromatic N) is 2. The van der Waals surface area contributed by atoms with E-state index < -0.39 is 0 Å². The zero-order valence-corrected chi connectivity index (χ0v) is 15.3. The third-order valence-electron chi connectivity index (χ3n) is 4.57. The second kappa shape index (κ2) is 8.49. The lowest BCUT2D eigenvalue weighted by atomic mass is 10.1. The fourth-order valence-electron chi connectivity index (χ4n) is 3.18. The van der Waals surface area contributed by atoms with E-state index in [1.165, 1.54) is 12.5 Å². The lowest BCUT2D eigenvalue weighted by Crippen LogP contribution is -2.23. The number of carbonyl (C=O) groups is 1. The van der Waals surface area contributed by atoms with E-state index in [0.717, 1.165) is 37.2 Å². The van der Waals surface area contributed by atoms with Crippen LogP contribution in [0.1, 0.15) is 34.8 Å². The van der Waals surface area contributed by atoms with Gasteiger partial charge in [0.05, 0.1) is 17.1 Å². The van der Waals surface area contributed by atoms with E-state index in [-0.39, 0.29) is 16.6 Å². The normalized spacial score (nSPS) is 13.4. The third kappa shape index (κ3) is 4.73. The van der Waals surface area contributed by atoms with Gasteiger partial charge in [-0.15, -0.1) is 0 Å². The van der Waals surface area contributed by atoms with Gasteiger partial charge in [0.2, 0.25) is 5.70 Å². The maximum absolute atomic E-state index is 11.9. The largest absolute Gasteiger partial charge is 0.462 e. The molecule has 0 atom stereocenters. The fraction of sp³-hybridized carbons (Fsp3) is 0.286. The third-order valence-corrected chi connectivity index (χ3v) is 4.57. The summed E-state index contributed by atoms with van der Waals surface area (Å²) in [5.41, 5.74) is 3.89. The molecular formula is C21H22N2O4. The zero-order chi connectivity index (χ0) is 19.2. The van der Waals surface area contributed by atoms with Crippen LogP contribution in [-0.4, -0.2) is 30.6 Å². The Morgan fingerprint density at radius 2 is 2.04 bits per heavy atom. The van der Waals surface area contributed by atoms with Crippen molar-refractivity contribution >= 4 is 17.7 Å². The molecule has 27 heavy (non-hydrogen) atoms. The minimum Gasteiger partial charge on any atom is -0.462 e. The molecule has 0 bridgehead atoms. The molecule has 0 radical (unpaired) electrons. The molecule has 1 heterocycles. The maximum atomic E-state index is 11.9. The van der Waals surface area contributed by atoms with Gasteiger partial charge in [-0.25, -0.2) is 4.79 Å². The highest BCUT2D eigenvalue weighted by Crippen LogP contribution is 2.29. The summed E-state index contributed by atoms with van der Waals surface area (Å²) in [7, 11) is 0. The van der Waals surface area contributed by atoms with E-state index in [4.69, 9.17) is 4.74 Å². The fourth-order valence-corrected chi connectivity index (χ4v) is 3.18. The summed E-state index contributed by atoms with van der Waals surface area (Å²) in [4.78, 5) is 24.6. The Labute approximate surface area is 158 Å². The van der Waals surface area contributed by atoms with Crippen LogP contribution in [0.3, 0.4) is 0 Å². The first kappa shape index (κ1) is 18.6. The number of hydrogen-bond acceptors (Lipinski definition) is 5. The van der Waals surface area contributed by atoms with Crippen molar-refractivity contribution in [1.29, 1.82) is 0 Å². The number of ether oxygens (including phenoxy) is 1. The van der Waals surface area contributed by atoms with Gasteiger partial charge in [0.25, 0.3) is 0 Å². The number of nitro groups is 1. The molecule has 0 spiro atoms. The number of anilines is 1. The first-order valence-electron chi connectivity index (χ1n) is 8.97. The Morgan fingerprint density at radius 1 is 1.26 bits per heavy atom. The van der Waals surface area contributed by atoms with Gasteiger partial charge in [0.1, 0.15) is 0 Å². The summed E-state index contributed by atoms with van der Waals surface area (Å²) in [5.74, 6) is -0.296. The van der Waals surface area contributed by atoms with Crippen LogP contribution < -0.4 is 4.90 Å². The number of allylic oxidation sites excluding steroid dienone is 1. The summed E-state index contributed by atoms with van der Waals surface area (Å²) in [6, 6.07) is 14.9. The molecular weight excluding hydrogens is 344 g/mol. The van der Waals surface area contributed by atoms with E-state index in [1.807, 2.05) is 36.4 Å². The second-order valence-electron chi connectivity index (χ2n) is 6.52. The van der Waals surface area contributed by atoms with E-state index in [0.29, 0.717) is 12.2 Å². The topological polar surface area (TPSA) is 72.7 Å². The van der Waals surface area contributed by atoms with Crippen molar-refractivity contribution in [3.05, 3.63) is 81.0 Å². The van der Waals surface area contributed by atoms with E-state index >= 15 is 0 Å². The lowest BCUT2D eigenvalue weighted by Gasteiger charge is -2.19. The van der Waals surface area contributed by atoms with Gasteiger partial charge >= 0.3 is 5.97 Å². The molecule has 2 aromatic rings. The Hall–Kier alpha value is -3.15. The Morgan fingerprint density at radius 3 is 2.78 bits per heavy atom. The number of carbonyl (C=O) groups excluding carboxylic acids is 1. The van der Waals surface area contributed by atoms with E-state index in [9.17, 15) is 14.9 Å². The summed E-state index contributed by atoms with van der Waals surface area (Å²) in [6.45, 7) is 3.58. The van der Waals surface area contributed by atoms with Gasteiger partial charge in [-0.1, -0.05) is 24.3 Å². The highest BCUT2D eigenvalue weighted by Gasteiger charge is 2.19. The predicted octanol–water partition coefficient (Wildman–Crippen LogP) is 3.93. The standard InChI is InChI=1S/C21H22N2O4/c1-16(23(25)26)14-17-8-9-20-19(15-17)10-12-22(20)11-5-13-27-21(24)18-6-3-2-4-7-18/h2-4,6-9,14-15H,5,10-13H2,1H3/b16-14-. The quantitative estimate of drug-likeness (QED) is 0.321. The molecule has 0 unspecified atom stereocenters. The van der Waals surface area contributed by atoms with E-state index in [2.05, 4.69) is 4.90 Å². The molecule has 140 valence electrons. The molecule has 0 fully saturated rings. The van der Waals surface area contributed by atoms with Crippen LogP contribution in [0.25, 0.3) is 6.08 Å². The van der Waals surface area contributed by atoms with Crippen LogP contribution in [0.15, 0.2) is 54.2 Å². The molecule has 2 aromatic carbocycles. The molecule has 0 aromatic heterocycles. The Kier molecular flexibility index (Phi) is 5.86. The van der Waals surface area contributed by atoms with Crippen LogP contribution >= 0.6 is 0 Å². The van der Waals surface area contributed by atoms with Crippen molar-refractivity contribution < 1.29 is 14.5 Å². The molecule has 0 N–H and O–H groups in total. The average molecular weight is 366 g/mol. The van der Waals surface area contributed by atoms with Gasteiger partial charge < -0.3 is 9.64 Å². The summed E-state index contributed by atoms with van der Waals surface area (Å²) in [6.07, 6.45) is 3.25. The molecule has 0 saturated carbocycles. The number of hydrogen-bond donors (Lipinski definition) is 0.